The third-order valence-corrected chi connectivity index (χ3v) is 8.96. The van der Waals surface area contributed by atoms with Crippen LogP contribution in [0.15, 0.2) is 36.7 Å². The predicted octanol–water partition coefficient (Wildman–Crippen LogP) is 2.38. The van der Waals surface area contributed by atoms with Gasteiger partial charge in [0.1, 0.15) is 11.9 Å². The number of hydrogen-bond acceptors (Lipinski definition) is 9. The number of nitrogens with zero attached hydrogens (tertiary/aromatic N) is 4. The fourth-order valence-corrected chi connectivity index (χ4v) is 6.54. The molecule has 3 aromatic rings. The molecule has 0 radical (unpaired) electrons. The molecule has 1 aliphatic heterocycles. The first-order valence-electron chi connectivity index (χ1n) is 11.4. The number of anilines is 1. The van der Waals surface area contributed by atoms with Crippen LogP contribution in [0.3, 0.4) is 0 Å². The van der Waals surface area contributed by atoms with Crippen molar-refractivity contribution in [3.63, 3.8) is 0 Å². The molecule has 0 amide bonds. The Morgan fingerprint density at radius 2 is 1.94 bits per heavy atom. The number of rotatable bonds is 11. The lowest BCUT2D eigenvalue weighted by Gasteiger charge is -2.18. The van der Waals surface area contributed by atoms with Crippen LogP contribution in [-0.2, 0) is 31.4 Å². The fourth-order valence-electron chi connectivity index (χ4n) is 3.95. The standard InChI is InChI=1S/C21H29N5O8P2/c1-2-6-17-24-19(22-10-14-7-4-3-5-8-14)18-20(25-17)26(12-23-18)21-16(27)9-15(34-21)11-33-36(31,32)13-35(28,29)30/h3-5,7-8,12,15-16,21,27H,2,6,9-11,13H2,1H3,(H,31,32)(H,22,24,25)(H2,28,29,30)/t15-,16+,21+/m0/s1. The van der Waals surface area contributed by atoms with Crippen molar-refractivity contribution in [2.45, 2.75) is 51.2 Å². The van der Waals surface area contributed by atoms with E-state index in [1.165, 1.54) is 6.33 Å². The number of aliphatic hydroxyl groups is 1. The molecule has 36 heavy (non-hydrogen) atoms. The van der Waals surface area contributed by atoms with Gasteiger partial charge in [0.15, 0.2) is 29.1 Å². The second-order valence-corrected chi connectivity index (χ2v) is 12.6. The molecule has 5 N–H and O–H groups in total. The van der Waals surface area contributed by atoms with E-state index in [9.17, 15) is 19.1 Å². The number of aliphatic hydroxyl groups excluding tert-OH is 1. The van der Waals surface area contributed by atoms with Crippen molar-refractivity contribution in [3.05, 3.63) is 48.0 Å². The number of aromatic nitrogens is 4. The van der Waals surface area contributed by atoms with Crippen LogP contribution in [0.25, 0.3) is 11.2 Å². The number of hydrogen-bond donors (Lipinski definition) is 5. The van der Waals surface area contributed by atoms with E-state index >= 15 is 0 Å². The molecule has 0 aliphatic carbocycles. The average Bonchev–Trinajstić information content (AvgIpc) is 3.38. The molecule has 0 spiro atoms. The maximum Gasteiger partial charge on any atom is 0.340 e. The van der Waals surface area contributed by atoms with Gasteiger partial charge in [0.2, 0.25) is 0 Å². The minimum absolute atomic E-state index is 0.0757. The molecular formula is C21H29N5O8P2. The summed E-state index contributed by atoms with van der Waals surface area (Å²) in [5.41, 5.74) is 2.03. The highest BCUT2D eigenvalue weighted by atomic mass is 31.2. The van der Waals surface area contributed by atoms with E-state index in [-0.39, 0.29) is 6.42 Å². The lowest BCUT2D eigenvalue weighted by Crippen LogP contribution is -2.19. The van der Waals surface area contributed by atoms with E-state index in [1.807, 2.05) is 37.3 Å². The van der Waals surface area contributed by atoms with Crippen LogP contribution >= 0.6 is 15.2 Å². The summed E-state index contributed by atoms with van der Waals surface area (Å²) in [4.78, 5) is 41.3. The van der Waals surface area contributed by atoms with Crippen molar-refractivity contribution in [1.29, 1.82) is 0 Å². The molecule has 4 rings (SSSR count). The van der Waals surface area contributed by atoms with Gasteiger partial charge < -0.3 is 34.4 Å². The molecule has 196 valence electrons. The van der Waals surface area contributed by atoms with Gasteiger partial charge in [-0.15, -0.1) is 0 Å². The van der Waals surface area contributed by atoms with Crippen molar-refractivity contribution >= 4 is 32.2 Å². The summed E-state index contributed by atoms with van der Waals surface area (Å²) in [6.45, 7) is 2.12. The predicted molar refractivity (Wildman–Crippen MR) is 130 cm³/mol. The lowest BCUT2D eigenvalue weighted by atomic mass is 10.2. The molecule has 3 heterocycles. The molecule has 4 atom stereocenters. The Bertz CT molecular complexity index is 1280. The quantitative estimate of drug-likeness (QED) is 0.223. The summed E-state index contributed by atoms with van der Waals surface area (Å²) in [7, 11) is -9.27. The molecule has 13 nitrogen and oxygen atoms in total. The molecule has 0 saturated carbocycles. The van der Waals surface area contributed by atoms with Gasteiger partial charge in [-0.25, -0.2) is 15.0 Å². The molecular weight excluding hydrogens is 512 g/mol. The summed E-state index contributed by atoms with van der Waals surface area (Å²) in [6.07, 6.45) is 0.354. The number of ether oxygens (including phenoxy) is 1. The van der Waals surface area contributed by atoms with Gasteiger partial charge in [-0.05, 0) is 12.0 Å². The molecule has 1 saturated heterocycles. The van der Waals surface area contributed by atoms with Crippen molar-refractivity contribution < 1.29 is 38.2 Å². The zero-order valence-corrected chi connectivity index (χ0v) is 21.3. The molecule has 0 bridgehead atoms. The molecule has 2 aromatic heterocycles. The van der Waals surface area contributed by atoms with Crippen LogP contribution in [0.4, 0.5) is 5.82 Å². The first-order chi connectivity index (χ1) is 17.0. The summed E-state index contributed by atoms with van der Waals surface area (Å²) in [5.74, 6) is -0.133. The minimum Gasteiger partial charge on any atom is -0.388 e. The second-order valence-electron chi connectivity index (χ2n) is 8.59. The van der Waals surface area contributed by atoms with Crippen molar-refractivity contribution in [2.75, 3.05) is 17.8 Å². The monoisotopic (exact) mass is 541 g/mol. The van der Waals surface area contributed by atoms with Gasteiger partial charge in [0.25, 0.3) is 0 Å². The SMILES string of the molecule is CCCc1nc(NCc2ccccc2)c2ncn([C@@H]3O[C@H](COP(=O)(O)CP(=O)(O)O)C[C@H]3O)c2n1. The van der Waals surface area contributed by atoms with Gasteiger partial charge in [0.05, 0.1) is 19.0 Å². The van der Waals surface area contributed by atoms with Crippen LogP contribution < -0.4 is 5.32 Å². The van der Waals surface area contributed by atoms with Gasteiger partial charge in [-0.1, -0.05) is 37.3 Å². The molecule has 1 unspecified atom stereocenters. The topological polar surface area (TPSA) is 189 Å². The third kappa shape index (κ3) is 6.76. The highest BCUT2D eigenvalue weighted by molar-refractivity contribution is 7.70. The second kappa shape index (κ2) is 11.0. The fraction of sp³-hybridized carbons (Fsp3) is 0.476. The third-order valence-electron chi connectivity index (χ3n) is 5.51. The molecule has 1 aliphatic rings. The van der Waals surface area contributed by atoms with E-state index in [1.54, 1.807) is 4.57 Å². The van der Waals surface area contributed by atoms with Gasteiger partial charge in [-0.2, -0.15) is 0 Å². The summed E-state index contributed by atoms with van der Waals surface area (Å²) in [6, 6.07) is 9.82. The van der Waals surface area contributed by atoms with Crippen molar-refractivity contribution in [3.8, 4) is 0 Å². The molecule has 15 heteroatoms. The van der Waals surface area contributed by atoms with Gasteiger partial charge in [0, 0.05) is 19.4 Å². The van der Waals surface area contributed by atoms with Crippen LogP contribution in [0.2, 0.25) is 0 Å². The van der Waals surface area contributed by atoms with Crippen LogP contribution in [0.1, 0.15) is 37.4 Å². The zero-order valence-electron chi connectivity index (χ0n) is 19.5. The number of fused-ring (bicyclic) bond motifs is 1. The largest absolute Gasteiger partial charge is 0.388 e. The lowest BCUT2D eigenvalue weighted by molar-refractivity contribution is -0.0465. The van der Waals surface area contributed by atoms with E-state index in [2.05, 4.69) is 20.3 Å². The van der Waals surface area contributed by atoms with E-state index in [0.717, 1.165) is 12.0 Å². The van der Waals surface area contributed by atoms with E-state index in [4.69, 9.17) is 19.0 Å². The van der Waals surface area contributed by atoms with E-state index < -0.39 is 46.1 Å². The molecule has 1 aromatic carbocycles. The summed E-state index contributed by atoms with van der Waals surface area (Å²) >= 11 is 0. The van der Waals surface area contributed by atoms with Crippen LogP contribution in [0, 0.1) is 0 Å². The van der Waals surface area contributed by atoms with Gasteiger partial charge in [-0.3, -0.25) is 13.7 Å². The summed E-state index contributed by atoms with van der Waals surface area (Å²) in [5, 5.41) is 14.0. The Labute approximate surface area is 207 Å². The number of aryl methyl sites for hydroxylation is 1. The first-order valence-corrected chi connectivity index (χ1v) is 15.0. The van der Waals surface area contributed by atoms with Crippen molar-refractivity contribution in [2.24, 2.45) is 0 Å². The van der Waals surface area contributed by atoms with Crippen molar-refractivity contribution in [1.82, 2.24) is 19.5 Å². The first kappa shape index (κ1) is 26.8. The maximum absolute atomic E-state index is 11.9. The number of benzene rings is 1. The van der Waals surface area contributed by atoms with Crippen LogP contribution in [-0.4, -0.2) is 64.0 Å². The van der Waals surface area contributed by atoms with E-state index in [0.29, 0.717) is 35.8 Å². The number of imidazole rings is 1. The maximum atomic E-state index is 11.9. The average molecular weight is 541 g/mol. The molecule has 1 fully saturated rings. The smallest absolute Gasteiger partial charge is 0.340 e. The Balaban J connectivity index is 1.53. The van der Waals surface area contributed by atoms with Gasteiger partial charge >= 0.3 is 15.2 Å². The van der Waals surface area contributed by atoms with Crippen LogP contribution in [0.5, 0.6) is 0 Å². The normalized spacial score (nSPS) is 22.1. The zero-order chi connectivity index (χ0) is 25.9. The summed E-state index contributed by atoms with van der Waals surface area (Å²) < 4.78 is 35.3. The Kier molecular flexibility index (Phi) is 8.23. The Morgan fingerprint density at radius 3 is 2.64 bits per heavy atom. The highest BCUT2D eigenvalue weighted by Crippen LogP contribution is 2.55. The Morgan fingerprint density at radius 1 is 1.19 bits per heavy atom. The number of nitrogens with one attached hydrogen (secondary N) is 1. The Hall–Kier alpha value is -2.21. The minimum atomic E-state index is -4.74. The highest BCUT2D eigenvalue weighted by Gasteiger charge is 2.39.